The van der Waals surface area contributed by atoms with Crippen molar-refractivity contribution in [2.45, 2.75) is 44.6 Å². The zero-order valence-corrected chi connectivity index (χ0v) is 11.9. The first-order valence-corrected chi connectivity index (χ1v) is 8.98. The molecule has 0 aromatic heterocycles. The van der Waals surface area contributed by atoms with Crippen LogP contribution < -0.4 is 0 Å². The number of carbonyl (C=O) groups is 1. The molecule has 0 bridgehead atoms. The molecule has 2 unspecified atom stereocenters. The van der Waals surface area contributed by atoms with Crippen molar-refractivity contribution < 1.29 is 13.2 Å². The highest BCUT2D eigenvalue weighted by Gasteiger charge is 2.36. The third kappa shape index (κ3) is 3.54. The maximum Gasteiger partial charge on any atom is 0.148 e. The molecule has 1 saturated heterocycles. The van der Waals surface area contributed by atoms with Crippen LogP contribution in [-0.4, -0.2) is 50.2 Å². The van der Waals surface area contributed by atoms with E-state index in [1.54, 1.807) is 0 Å². The van der Waals surface area contributed by atoms with E-state index in [1.165, 1.54) is 12.7 Å². The monoisotopic (exact) mass is 273 g/mol. The molecule has 0 spiro atoms. The van der Waals surface area contributed by atoms with E-state index in [0.29, 0.717) is 18.4 Å². The van der Waals surface area contributed by atoms with Crippen LogP contribution >= 0.6 is 0 Å². The molecule has 0 aromatic rings. The summed E-state index contributed by atoms with van der Waals surface area (Å²) in [6.07, 6.45) is 7.37. The molecule has 2 rings (SSSR count). The molecule has 1 aliphatic heterocycles. The predicted octanol–water partition coefficient (Wildman–Crippen LogP) is 1.25. The molecule has 0 N–H and O–H groups in total. The van der Waals surface area contributed by atoms with Crippen LogP contribution in [0.5, 0.6) is 0 Å². The van der Waals surface area contributed by atoms with E-state index >= 15 is 0 Å². The van der Waals surface area contributed by atoms with Crippen LogP contribution in [0.25, 0.3) is 0 Å². The maximum atomic E-state index is 11.9. The fourth-order valence-electron chi connectivity index (χ4n) is 3.28. The number of likely N-dealkylation sites (tertiary alicyclic amines) is 1. The molecule has 0 aromatic carbocycles. The second kappa shape index (κ2) is 5.70. The summed E-state index contributed by atoms with van der Waals surface area (Å²) in [7, 11) is -2.91. The van der Waals surface area contributed by atoms with Gasteiger partial charge < -0.3 is 0 Å². The van der Waals surface area contributed by atoms with Gasteiger partial charge in [-0.3, -0.25) is 9.69 Å². The number of Topliss-reactive ketones (excluding diaryl/α,β-unsaturated/α-hetero) is 1. The number of ketones is 1. The van der Waals surface area contributed by atoms with Crippen LogP contribution in [0.2, 0.25) is 0 Å². The summed E-state index contributed by atoms with van der Waals surface area (Å²) in [5, 5.41) is 0. The van der Waals surface area contributed by atoms with E-state index < -0.39 is 9.84 Å². The van der Waals surface area contributed by atoms with Gasteiger partial charge >= 0.3 is 0 Å². The predicted molar refractivity (Wildman–Crippen MR) is 71.3 cm³/mol. The largest absolute Gasteiger partial charge is 0.299 e. The molecule has 4 nitrogen and oxygen atoms in total. The minimum atomic E-state index is -2.91. The number of hydrogen-bond donors (Lipinski definition) is 0. The molecule has 2 aliphatic rings. The van der Waals surface area contributed by atoms with Gasteiger partial charge in [0.15, 0.2) is 0 Å². The van der Waals surface area contributed by atoms with Crippen molar-refractivity contribution in [3.05, 3.63) is 0 Å². The number of nitrogens with zero attached hydrogens (tertiary/aromatic N) is 1. The lowest BCUT2D eigenvalue weighted by Gasteiger charge is -2.38. The van der Waals surface area contributed by atoms with Crippen LogP contribution in [0, 0.1) is 5.92 Å². The molecular formula is C13H23NO3S. The van der Waals surface area contributed by atoms with E-state index in [0.717, 1.165) is 38.6 Å². The Labute approximate surface area is 110 Å². The van der Waals surface area contributed by atoms with Gasteiger partial charge in [-0.05, 0) is 32.2 Å². The van der Waals surface area contributed by atoms with Crippen LogP contribution in [0.4, 0.5) is 0 Å². The van der Waals surface area contributed by atoms with Gasteiger partial charge in [-0.25, -0.2) is 8.42 Å². The summed E-state index contributed by atoms with van der Waals surface area (Å²) in [6, 6.07) is 0.301. The topological polar surface area (TPSA) is 54.5 Å². The fourth-order valence-corrected chi connectivity index (χ4v) is 3.85. The Morgan fingerprint density at radius 2 is 2.00 bits per heavy atom. The van der Waals surface area contributed by atoms with Crippen LogP contribution in [0.1, 0.15) is 38.5 Å². The zero-order chi connectivity index (χ0) is 13.2. The van der Waals surface area contributed by atoms with Gasteiger partial charge in [-0.1, -0.05) is 6.42 Å². The second-order valence-electron chi connectivity index (χ2n) is 5.69. The van der Waals surface area contributed by atoms with E-state index in [9.17, 15) is 13.2 Å². The maximum absolute atomic E-state index is 11.9. The molecule has 104 valence electrons. The quantitative estimate of drug-likeness (QED) is 0.773. The Balaban J connectivity index is 1.99. The second-order valence-corrected chi connectivity index (χ2v) is 7.95. The SMILES string of the molecule is CS(=O)(=O)CCN1CCCCC1C1CCCC1=O. The first-order valence-electron chi connectivity index (χ1n) is 6.92. The fraction of sp³-hybridized carbons (Fsp3) is 0.923. The summed E-state index contributed by atoms with van der Waals surface area (Å²) in [5.74, 6) is 0.779. The van der Waals surface area contributed by atoms with Gasteiger partial charge in [-0.15, -0.1) is 0 Å². The smallest absolute Gasteiger partial charge is 0.148 e. The van der Waals surface area contributed by atoms with Gasteiger partial charge in [0.1, 0.15) is 15.6 Å². The molecule has 5 heteroatoms. The van der Waals surface area contributed by atoms with Crippen molar-refractivity contribution in [3.8, 4) is 0 Å². The number of rotatable bonds is 4. The Hall–Kier alpha value is -0.420. The average molecular weight is 273 g/mol. The van der Waals surface area contributed by atoms with Crippen LogP contribution in [0.15, 0.2) is 0 Å². The highest BCUT2D eigenvalue weighted by molar-refractivity contribution is 7.90. The van der Waals surface area contributed by atoms with Gasteiger partial charge in [0.2, 0.25) is 0 Å². The normalized spacial score (nSPS) is 30.8. The zero-order valence-electron chi connectivity index (χ0n) is 11.1. The molecule has 1 heterocycles. The van der Waals surface area contributed by atoms with Gasteiger partial charge in [0.05, 0.1) is 5.75 Å². The van der Waals surface area contributed by atoms with Crippen molar-refractivity contribution in [2.24, 2.45) is 5.92 Å². The van der Waals surface area contributed by atoms with Gasteiger partial charge in [-0.2, -0.15) is 0 Å². The highest BCUT2D eigenvalue weighted by atomic mass is 32.2. The first-order chi connectivity index (χ1) is 8.47. The summed E-state index contributed by atoms with van der Waals surface area (Å²) < 4.78 is 22.5. The van der Waals surface area contributed by atoms with Crippen molar-refractivity contribution >= 4 is 15.6 Å². The van der Waals surface area contributed by atoms with Crippen LogP contribution in [0.3, 0.4) is 0 Å². The highest BCUT2D eigenvalue weighted by Crippen LogP contribution is 2.32. The van der Waals surface area contributed by atoms with Crippen molar-refractivity contribution in [1.29, 1.82) is 0 Å². The number of sulfone groups is 1. The summed E-state index contributed by atoms with van der Waals surface area (Å²) in [4.78, 5) is 14.1. The molecule has 18 heavy (non-hydrogen) atoms. The molecule has 2 atom stereocenters. The lowest BCUT2D eigenvalue weighted by Crippen LogP contribution is -2.47. The Morgan fingerprint density at radius 1 is 1.22 bits per heavy atom. The lowest BCUT2D eigenvalue weighted by atomic mass is 9.88. The molecule has 2 fully saturated rings. The van der Waals surface area contributed by atoms with E-state index in [1.807, 2.05) is 0 Å². The summed E-state index contributed by atoms with van der Waals surface area (Å²) >= 11 is 0. The van der Waals surface area contributed by atoms with Crippen LogP contribution in [-0.2, 0) is 14.6 Å². The molecule has 1 aliphatic carbocycles. The molecule has 1 saturated carbocycles. The number of carbonyl (C=O) groups excluding carboxylic acids is 1. The minimum absolute atomic E-state index is 0.171. The third-order valence-corrected chi connectivity index (χ3v) is 5.15. The van der Waals surface area contributed by atoms with E-state index in [4.69, 9.17) is 0 Å². The van der Waals surface area contributed by atoms with Gasteiger partial charge in [0.25, 0.3) is 0 Å². The summed E-state index contributed by atoms with van der Waals surface area (Å²) in [5.41, 5.74) is 0. The third-order valence-electron chi connectivity index (χ3n) is 4.23. The standard InChI is InChI=1S/C13H23NO3S/c1-18(16,17)10-9-14-8-3-2-6-12(14)11-5-4-7-13(11)15/h11-12H,2-10H2,1H3. The average Bonchev–Trinajstić information content (AvgIpc) is 2.72. The Morgan fingerprint density at radius 3 is 2.61 bits per heavy atom. The lowest BCUT2D eigenvalue weighted by molar-refractivity contribution is -0.123. The van der Waals surface area contributed by atoms with Crippen molar-refractivity contribution in [1.82, 2.24) is 4.90 Å². The van der Waals surface area contributed by atoms with Crippen molar-refractivity contribution in [2.75, 3.05) is 25.1 Å². The Bertz CT molecular complexity index is 404. The minimum Gasteiger partial charge on any atom is -0.299 e. The number of hydrogen-bond acceptors (Lipinski definition) is 4. The first kappa shape index (κ1) is 14.0. The van der Waals surface area contributed by atoms with Crippen molar-refractivity contribution in [3.63, 3.8) is 0 Å². The number of piperidine rings is 1. The summed E-state index contributed by atoms with van der Waals surface area (Å²) in [6.45, 7) is 1.54. The molecule has 0 amide bonds. The Kier molecular flexibility index (Phi) is 4.43. The van der Waals surface area contributed by atoms with E-state index in [-0.39, 0.29) is 11.7 Å². The molecular weight excluding hydrogens is 250 g/mol. The van der Waals surface area contributed by atoms with Gasteiger partial charge in [0, 0.05) is 31.2 Å². The molecule has 0 radical (unpaired) electrons. The van der Waals surface area contributed by atoms with E-state index in [2.05, 4.69) is 4.90 Å².